The molecule has 1 amide bonds. The monoisotopic (exact) mass is 347 g/mol. The van der Waals surface area contributed by atoms with Gasteiger partial charge in [0.15, 0.2) is 0 Å². The first kappa shape index (κ1) is 16.1. The first-order chi connectivity index (χ1) is 12.0. The van der Waals surface area contributed by atoms with Gasteiger partial charge in [0.25, 0.3) is 0 Å². The van der Waals surface area contributed by atoms with Gasteiger partial charge in [0.05, 0.1) is 12.0 Å². The number of rotatable bonds is 3. The van der Waals surface area contributed by atoms with Crippen LogP contribution in [0.1, 0.15) is 51.4 Å². The number of ether oxygens (including phenoxy) is 1. The molecule has 2 saturated heterocycles. The Morgan fingerprint density at radius 3 is 2.28 bits per heavy atom. The van der Waals surface area contributed by atoms with Crippen molar-refractivity contribution in [1.82, 2.24) is 4.90 Å². The third-order valence-electron chi connectivity index (χ3n) is 8.18. The molecule has 4 saturated carbocycles. The first-order valence-corrected chi connectivity index (χ1v) is 10.1. The number of nitrogens with zero attached hydrogens (tertiary/aromatic N) is 1. The predicted molar refractivity (Wildman–Crippen MR) is 90.8 cm³/mol. The van der Waals surface area contributed by atoms with E-state index in [0.717, 1.165) is 17.8 Å². The first-order valence-electron chi connectivity index (χ1n) is 10.1. The molecule has 0 aromatic heterocycles. The molecule has 6 rings (SSSR count). The van der Waals surface area contributed by atoms with Crippen LogP contribution in [0.5, 0.6) is 0 Å². The molecule has 0 aromatic carbocycles. The van der Waals surface area contributed by atoms with Crippen LogP contribution in [0.2, 0.25) is 0 Å². The normalized spacial score (nSPS) is 47.8. The third kappa shape index (κ3) is 2.45. The highest BCUT2D eigenvalue weighted by atomic mass is 16.5. The fraction of sp³-hybridized carbons (Fsp3) is 0.900. The molecular weight excluding hydrogens is 318 g/mol. The van der Waals surface area contributed by atoms with Crippen molar-refractivity contribution in [3.63, 3.8) is 0 Å². The number of amides is 1. The summed E-state index contributed by atoms with van der Waals surface area (Å²) < 4.78 is 5.52. The maximum absolute atomic E-state index is 13.1. The van der Waals surface area contributed by atoms with Crippen molar-refractivity contribution in [2.24, 2.45) is 34.5 Å². The lowest BCUT2D eigenvalue weighted by molar-refractivity contribution is -0.157. The molecule has 6 fully saturated rings. The molecule has 25 heavy (non-hydrogen) atoms. The fourth-order valence-electron chi connectivity index (χ4n) is 7.43. The molecule has 0 unspecified atom stereocenters. The van der Waals surface area contributed by atoms with Crippen molar-refractivity contribution in [3.8, 4) is 0 Å². The number of carboxylic acid groups (broad SMARTS) is 1. The number of carboxylic acids is 1. The second-order valence-electron chi connectivity index (χ2n) is 9.85. The Bertz CT molecular complexity index is 567. The van der Waals surface area contributed by atoms with Crippen LogP contribution in [0.3, 0.4) is 0 Å². The Morgan fingerprint density at radius 1 is 1.08 bits per heavy atom. The highest BCUT2D eigenvalue weighted by Gasteiger charge is 2.56. The van der Waals surface area contributed by atoms with Crippen molar-refractivity contribution < 1.29 is 19.4 Å². The minimum Gasteiger partial charge on any atom is -0.481 e. The number of carbonyl (C=O) groups is 2. The Morgan fingerprint density at radius 2 is 1.72 bits per heavy atom. The zero-order valence-electron chi connectivity index (χ0n) is 14.9. The van der Waals surface area contributed by atoms with Gasteiger partial charge < -0.3 is 14.7 Å². The standard InChI is InChI=1S/C20H29NO4/c22-17(9-19-6-13-3-14(7-19)5-15(4-13)8-19)21-10-16-11-25-2-1-20(16,12-21)18(23)24/h13-16H,1-12H2,(H,23,24)/t13?,14?,15?,16-,19?,20+/m0/s1. The Hall–Kier alpha value is -1.10. The van der Waals surface area contributed by atoms with E-state index < -0.39 is 11.4 Å². The average Bonchev–Trinajstić information content (AvgIpc) is 2.94. The van der Waals surface area contributed by atoms with Gasteiger partial charge in [-0.15, -0.1) is 0 Å². The van der Waals surface area contributed by atoms with Gasteiger partial charge in [-0.25, -0.2) is 0 Å². The Labute approximate surface area is 149 Å². The van der Waals surface area contributed by atoms with Crippen LogP contribution in [0.15, 0.2) is 0 Å². The van der Waals surface area contributed by atoms with Crippen LogP contribution >= 0.6 is 0 Å². The van der Waals surface area contributed by atoms with Crippen LogP contribution in [-0.2, 0) is 14.3 Å². The molecule has 5 nitrogen and oxygen atoms in total. The summed E-state index contributed by atoms with van der Waals surface area (Å²) in [5.74, 6) is 1.96. The van der Waals surface area contributed by atoms with Crippen molar-refractivity contribution >= 4 is 11.9 Å². The number of fused-ring (bicyclic) bond motifs is 1. The van der Waals surface area contributed by atoms with E-state index in [1.165, 1.54) is 38.5 Å². The molecule has 0 spiro atoms. The van der Waals surface area contributed by atoms with E-state index in [-0.39, 0.29) is 17.2 Å². The summed E-state index contributed by atoms with van der Waals surface area (Å²) in [4.78, 5) is 26.9. The zero-order chi connectivity index (χ0) is 17.2. The average molecular weight is 347 g/mol. The lowest BCUT2D eigenvalue weighted by atomic mass is 9.49. The van der Waals surface area contributed by atoms with E-state index in [1.807, 2.05) is 4.90 Å². The Kier molecular flexibility index (Phi) is 3.51. The highest BCUT2D eigenvalue weighted by Crippen LogP contribution is 2.61. The molecule has 2 aliphatic heterocycles. The van der Waals surface area contributed by atoms with Crippen molar-refractivity contribution in [2.75, 3.05) is 26.3 Å². The molecule has 4 bridgehead atoms. The topological polar surface area (TPSA) is 66.8 Å². The van der Waals surface area contributed by atoms with Gasteiger partial charge in [-0.1, -0.05) is 0 Å². The summed E-state index contributed by atoms with van der Waals surface area (Å²) in [7, 11) is 0. The second-order valence-corrected chi connectivity index (χ2v) is 9.85. The molecule has 2 heterocycles. The maximum Gasteiger partial charge on any atom is 0.311 e. The largest absolute Gasteiger partial charge is 0.481 e. The summed E-state index contributed by atoms with van der Waals surface area (Å²) in [5, 5.41) is 9.81. The molecule has 0 radical (unpaired) electrons. The maximum atomic E-state index is 13.1. The number of hydrogen-bond acceptors (Lipinski definition) is 3. The van der Waals surface area contributed by atoms with Gasteiger partial charge in [-0.2, -0.15) is 0 Å². The van der Waals surface area contributed by atoms with E-state index in [0.29, 0.717) is 39.1 Å². The van der Waals surface area contributed by atoms with Crippen LogP contribution < -0.4 is 0 Å². The summed E-state index contributed by atoms with van der Waals surface area (Å²) >= 11 is 0. The van der Waals surface area contributed by atoms with Crippen molar-refractivity contribution in [2.45, 2.75) is 51.4 Å². The van der Waals surface area contributed by atoms with Crippen LogP contribution in [0.4, 0.5) is 0 Å². The molecule has 5 heteroatoms. The molecule has 2 atom stereocenters. The number of hydrogen-bond donors (Lipinski definition) is 1. The van der Waals surface area contributed by atoms with E-state index in [4.69, 9.17) is 4.74 Å². The summed E-state index contributed by atoms with van der Waals surface area (Å²) in [6, 6.07) is 0. The highest BCUT2D eigenvalue weighted by molar-refractivity contribution is 5.81. The van der Waals surface area contributed by atoms with E-state index in [9.17, 15) is 14.7 Å². The quantitative estimate of drug-likeness (QED) is 0.852. The van der Waals surface area contributed by atoms with Gasteiger partial charge in [0.1, 0.15) is 0 Å². The third-order valence-corrected chi connectivity index (χ3v) is 8.18. The lowest BCUT2D eigenvalue weighted by Gasteiger charge is -2.57. The van der Waals surface area contributed by atoms with E-state index >= 15 is 0 Å². The predicted octanol–water partition coefficient (Wildman–Crippen LogP) is 2.54. The SMILES string of the molecule is O=C(CC12CC3CC(CC(C3)C1)C2)N1C[C@H]2COCC[C@@]2(C(=O)O)C1. The number of carbonyl (C=O) groups excluding carboxylic acids is 1. The Balaban J connectivity index is 1.31. The lowest BCUT2D eigenvalue weighted by Crippen LogP contribution is -2.48. The molecule has 138 valence electrons. The molecule has 1 N–H and O–H groups in total. The molecule has 6 aliphatic rings. The minimum atomic E-state index is -0.768. The fourth-order valence-corrected chi connectivity index (χ4v) is 7.43. The van der Waals surface area contributed by atoms with Gasteiger partial charge in [0.2, 0.25) is 5.91 Å². The van der Waals surface area contributed by atoms with Gasteiger partial charge in [0, 0.05) is 32.0 Å². The minimum absolute atomic E-state index is 0.0425. The van der Waals surface area contributed by atoms with Gasteiger partial charge in [-0.3, -0.25) is 9.59 Å². The van der Waals surface area contributed by atoms with Gasteiger partial charge in [-0.05, 0) is 68.1 Å². The van der Waals surface area contributed by atoms with E-state index in [2.05, 4.69) is 0 Å². The number of likely N-dealkylation sites (tertiary alicyclic amines) is 1. The number of aliphatic carboxylic acids is 1. The van der Waals surface area contributed by atoms with Crippen LogP contribution in [0.25, 0.3) is 0 Å². The van der Waals surface area contributed by atoms with Crippen molar-refractivity contribution in [1.29, 1.82) is 0 Å². The molecule has 0 aromatic rings. The second kappa shape index (κ2) is 5.45. The molecular formula is C20H29NO4. The summed E-state index contributed by atoms with van der Waals surface area (Å²) in [6.45, 7) is 1.94. The summed E-state index contributed by atoms with van der Waals surface area (Å²) in [5.41, 5.74) is -0.540. The summed E-state index contributed by atoms with van der Waals surface area (Å²) in [6.07, 6.45) is 9.05. The van der Waals surface area contributed by atoms with Crippen molar-refractivity contribution in [3.05, 3.63) is 0 Å². The van der Waals surface area contributed by atoms with E-state index in [1.54, 1.807) is 0 Å². The van der Waals surface area contributed by atoms with Crippen LogP contribution in [-0.4, -0.2) is 48.2 Å². The molecule has 4 aliphatic carbocycles. The van der Waals surface area contributed by atoms with Crippen LogP contribution in [0, 0.1) is 34.5 Å². The van der Waals surface area contributed by atoms with Gasteiger partial charge >= 0.3 is 5.97 Å². The zero-order valence-corrected chi connectivity index (χ0v) is 14.9. The smallest absolute Gasteiger partial charge is 0.311 e.